The third-order valence-electron chi connectivity index (χ3n) is 4.63. The summed E-state index contributed by atoms with van der Waals surface area (Å²) >= 11 is -0.117. The number of benzene rings is 1. The molecule has 1 aliphatic carbocycles. The van der Waals surface area contributed by atoms with Crippen LogP contribution in [0.5, 0.6) is 0 Å². The molecule has 2 unspecified atom stereocenters. The third-order valence-corrected chi connectivity index (χ3v) is 6.93. The first-order valence-electron chi connectivity index (χ1n) is 7.80. The molecule has 0 bridgehead atoms. The minimum Gasteiger partial charge on any atom is -0.366 e. The zero-order valence-electron chi connectivity index (χ0n) is 13.5. The highest BCUT2D eigenvalue weighted by atomic mass is 32.2. The van der Waals surface area contributed by atoms with Crippen LogP contribution in [-0.2, 0) is 21.1 Å². The fourth-order valence-electron chi connectivity index (χ4n) is 3.51. The molecule has 0 spiro atoms. The van der Waals surface area contributed by atoms with E-state index in [-0.39, 0.29) is 33.6 Å². The van der Waals surface area contributed by atoms with E-state index in [9.17, 15) is 17.4 Å². The highest BCUT2D eigenvalue weighted by Gasteiger charge is 2.32. The molecule has 1 saturated carbocycles. The lowest BCUT2D eigenvalue weighted by molar-refractivity contribution is 0.1000. The van der Waals surface area contributed by atoms with Gasteiger partial charge in [-0.3, -0.25) is 4.79 Å². The molecule has 24 heavy (non-hydrogen) atoms. The van der Waals surface area contributed by atoms with Crippen molar-refractivity contribution in [3.05, 3.63) is 41.5 Å². The van der Waals surface area contributed by atoms with Crippen molar-refractivity contribution in [3.63, 3.8) is 0 Å². The van der Waals surface area contributed by atoms with Crippen LogP contribution in [0.15, 0.2) is 35.2 Å². The molecule has 2 rings (SSSR count). The summed E-state index contributed by atoms with van der Waals surface area (Å²) in [5.41, 5.74) is 7.15. The Labute approximate surface area is 145 Å². The molecule has 1 fully saturated rings. The average molecular weight is 367 g/mol. The molecule has 0 aromatic heterocycles. The highest BCUT2D eigenvalue weighted by Crippen LogP contribution is 2.44. The number of nitrogens with two attached hydrogens (primary N) is 1. The Hall–Kier alpha value is -1.73. The van der Waals surface area contributed by atoms with Gasteiger partial charge in [-0.2, -0.15) is 0 Å². The van der Waals surface area contributed by atoms with Crippen LogP contribution in [0.3, 0.4) is 0 Å². The van der Waals surface area contributed by atoms with E-state index in [4.69, 9.17) is 5.73 Å². The van der Waals surface area contributed by atoms with Crippen LogP contribution in [0.25, 0.3) is 0 Å². The number of carbonyl (C=O) groups excluding carboxylic acids is 1. The van der Waals surface area contributed by atoms with E-state index in [0.29, 0.717) is 10.3 Å². The van der Waals surface area contributed by atoms with Gasteiger partial charge in [0.25, 0.3) is 0 Å². The first kappa shape index (κ1) is 18.6. The predicted octanol–water partition coefficient (Wildman–Crippen LogP) is 2.38. The van der Waals surface area contributed by atoms with Gasteiger partial charge in [-0.15, -0.1) is 0 Å². The molecule has 1 aliphatic rings. The summed E-state index contributed by atoms with van der Waals surface area (Å²) in [6, 6.07) is 4.48. The number of hydrogen-bond donors (Lipinski definition) is 1. The van der Waals surface area contributed by atoms with E-state index in [1.807, 2.05) is 0 Å². The van der Waals surface area contributed by atoms with Crippen LogP contribution < -0.4 is 5.73 Å². The van der Waals surface area contributed by atoms with Gasteiger partial charge in [-0.05, 0) is 55.2 Å². The number of allylic oxidation sites excluding steroid dienone is 1. The van der Waals surface area contributed by atoms with Crippen LogP contribution in [0.1, 0.15) is 54.4 Å². The maximum absolute atomic E-state index is 12.5. The van der Waals surface area contributed by atoms with Gasteiger partial charge >= 0.3 is 0 Å². The predicted molar refractivity (Wildman–Crippen MR) is 95.9 cm³/mol. The zero-order chi connectivity index (χ0) is 17.9. The van der Waals surface area contributed by atoms with Crippen molar-refractivity contribution in [1.82, 2.24) is 0 Å². The quantitative estimate of drug-likeness (QED) is 0.638. The van der Waals surface area contributed by atoms with Crippen molar-refractivity contribution < 1.29 is 17.4 Å². The summed E-state index contributed by atoms with van der Waals surface area (Å²) < 4.78 is 36.4. The van der Waals surface area contributed by atoms with Crippen LogP contribution in [-0.4, -0.2) is 23.2 Å². The maximum atomic E-state index is 12.5. The van der Waals surface area contributed by atoms with Gasteiger partial charge in [-0.1, -0.05) is 25.1 Å². The van der Waals surface area contributed by atoms with Crippen molar-refractivity contribution in [2.75, 3.05) is 0 Å². The van der Waals surface area contributed by atoms with Crippen molar-refractivity contribution in [2.24, 2.45) is 11.7 Å². The fourth-order valence-corrected chi connectivity index (χ4v) is 5.18. The van der Waals surface area contributed by atoms with E-state index in [0.717, 1.165) is 31.3 Å². The van der Waals surface area contributed by atoms with Gasteiger partial charge in [0.15, 0.2) is 0 Å². The number of amides is 1. The Morgan fingerprint density at radius 2 is 2.17 bits per heavy atom. The summed E-state index contributed by atoms with van der Waals surface area (Å²) in [5, 5.41) is 0. The van der Waals surface area contributed by atoms with Crippen LogP contribution in [0.4, 0.5) is 0 Å². The number of sulfone groups is 1. The van der Waals surface area contributed by atoms with Crippen LogP contribution in [0.2, 0.25) is 0 Å². The largest absolute Gasteiger partial charge is 0.366 e. The van der Waals surface area contributed by atoms with Crippen molar-refractivity contribution in [2.45, 2.75) is 43.4 Å². The molecule has 0 saturated heterocycles. The Balaban J connectivity index is 2.67. The monoisotopic (exact) mass is 367 g/mol. The summed E-state index contributed by atoms with van der Waals surface area (Å²) in [5.74, 6) is -0.507. The Kier molecular flexibility index (Phi) is 5.77. The number of primary amides is 1. The molecule has 1 aromatic rings. The molecular weight excluding hydrogens is 346 g/mol. The molecule has 0 radical (unpaired) electrons. The second-order valence-electron chi connectivity index (χ2n) is 6.03. The molecule has 7 heteroatoms. The van der Waals surface area contributed by atoms with Crippen molar-refractivity contribution in [1.29, 1.82) is 0 Å². The van der Waals surface area contributed by atoms with Crippen molar-refractivity contribution in [3.8, 4) is 0 Å². The number of hydrogen-bond acceptors (Lipinski definition) is 4. The lowest BCUT2D eigenvalue weighted by atomic mass is 9.72. The molecule has 0 aliphatic heterocycles. The summed E-state index contributed by atoms with van der Waals surface area (Å²) in [6.07, 6.45) is 3.59. The van der Waals surface area contributed by atoms with Gasteiger partial charge in [-0.25, -0.2) is 12.6 Å². The standard InChI is InChI=1S/C17H21NO4S2/c1-3-13-11(2)5-4-6-14(13)15-8-7-12(17(18)19)9-16(15)24(21,22)10-23-20/h7-10,13-14H,2-6H2,1H3,(H2,18,19). The van der Waals surface area contributed by atoms with E-state index >= 15 is 0 Å². The Morgan fingerprint density at radius 3 is 2.75 bits per heavy atom. The highest BCUT2D eigenvalue weighted by molar-refractivity contribution is 8.12. The second kappa shape index (κ2) is 7.44. The zero-order valence-corrected chi connectivity index (χ0v) is 15.2. The summed E-state index contributed by atoms with van der Waals surface area (Å²) in [7, 11) is -3.91. The van der Waals surface area contributed by atoms with E-state index in [1.54, 1.807) is 12.1 Å². The average Bonchev–Trinajstić information content (AvgIpc) is 2.54. The van der Waals surface area contributed by atoms with Gasteiger partial charge in [0.2, 0.25) is 15.7 Å². The SMILES string of the molecule is C=C1CCCC(c2ccc(C(N)=O)cc2S(=O)(=O)C=S=O)C1CC. The molecular formula is C17H21NO4S2. The summed E-state index contributed by atoms with van der Waals surface area (Å²) in [4.78, 5) is 11.4. The Morgan fingerprint density at radius 1 is 1.46 bits per heavy atom. The van der Waals surface area contributed by atoms with E-state index < -0.39 is 15.7 Å². The van der Waals surface area contributed by atoms with E-state index in [2.05, 4.69) is 13.5 Å². The van der Waals surface area contributed by atoms with Crippen LogP contribution in [0, 0.1) is 5.92 Å². The lowest BCUT2D eigenvalue weighted by Gasteiger charge is -2.34. The first-order chi connectivity index (χ1) is 11.3. The minimum atomic E-state index is -3.91. The third kappa shape index (κ3) is 3.67. The van der Waals surface area contributed by atoms with Gasteiger partial charge in [0.1, 0.15) is 16.0 Å². The molecule has 1 amide bonds. The van der Waals surface area contributed by atoms with Crippen LogP contribution >= 0.6 is 0 Å². The lowest BCUT2D eigenvalue weighted by Crippen LogP contribution is -2.22. The van der Waals surface area contributed by atoms with Crippen molar-refractivity contribution >= 4 is 31.7 Å². The fraction of sp³-hybridized carbons (Fsp3) is 0.412. The topological polar surface area (TPSA) is 94.3 Å². The second-order valence-corrected chi connectivity index (χ2v) is 8.52. The first-order valence-corrected chi connectivity index (χ1v) is 10.1. The molecule has 1 aromatic carbocycles. The number of rotatable bonds is 5. The van der Waals surface area contributed by atoms with Gasteiger partial charge < -0.3 is 5.73 Å². The van der Waals surface area contributed by atoms with Gasteiger partial charge in [0.05, 0.1) is 4.90 Å². The molecule has 2 atom stereocenters. The normalized spacial score (nSPS) is 21.3. The maximum Gasteiger partial charge on any atom is 0.248 e. The molecule has 0 heterocycles. The summed E-state index contributed by atoms with van der Waals surface area (Å²) in [6.45, 7) is 6.19. The van der Waals surface area contributed by atoms with E-state index in [1.165, 1.54) is 6.07 Å². The molecule has 130 valence electrons. The van der Waals surface area contributed by atoms with Gasteiger partial charge in [0, 0.05) is 5.56 Å². The number of carbonyl (C=O) groups is 1. The molecule has 2 N–H and O–H groups in total. The molecule has 5 nitrogen and oxygen atoms in total. The minimum absolute atomic E-state index is 0.000278. The smallest absolute Gasteiger partial charge is 0.248 e. The Bertz CT molecular complexity index is 823.